The lowest BCUT2D eigenvalue weighted by atomic mass is 10.0. The molecule has 0 fully saturated rings. The average Bonchev–Trinajstić information content (AvgIpc) is 2.98. The van der Waals surface area contributed by atoms with Gasteiger partial charge in [-0.1, -0.05) is 42.5 Å². The van der Waals surface area contributed by atoms with E-state index in [-0.39, 0.29) is 18.5 Å². The number of aryl methyl sites for hydroxylation is 2. The maximum atomic E-state index is 12.4. The maximum absolute atomic E-state index is 12.4. The van der Waals surface area contributed by atoms with Gasteiger partial charge in [0, 0.05) is 18.7 Å². The molecule has 1 aliphatic rings. The smallest absolute Gasteiger partial charge is 0.242 e. The minimum absolute atomic E-state index is 0.0757. The highest BCUT2D eigenvalue weighted by molar-refractivity contribution is 5.87. The number of para-hydroxylation sites is 1. The molecule has 0 saturated carbocycles. The summed E-state index contributed by atoms with van der Waals surface area (Å²) in [5.41, 5.74) is 5.26. The molecule has 1 aliphatic heterocycles. The molecular formula is C19H22N2O2. The van der Waals surface area contributed by atoms with E-state index < -0.39 is 6.10 Å². The van der Waals surface area contributed by atoms with Crippen LogP contribution in [0.25, 0.3) is 0 Å². The zero-order valence-corrected chi connectivity index (χ0v) is 13.5. The molecule has 1 amide bonds. The van der Waals surface area contributed by atoms with Crippen molar-refractivity contribution in [3.63, 3.8) is 0 Å². The number of hydrogen-bond acceptors (Lipinski definition) is 3. The zero-order valence-electron chi connectivity index (χ0n) is 13.5. The first kappa shape index (κ1) is 15.6. The van der Waals surface area contributed by atoms with Crippen LogP contribution in [-0.4, -0.2) is 23.6 Å². The number of anilines is 1. The molecule has 1 heterocycles. The van der Waals surface area contributed by atoms with Crippen molar-refractivity contribution >= 4 is 11.6 Å². The van der Waals surface area contributed by atoms with Crippen LogP contribution in [0.15, 0.2) is 42.5 Å². The second-order valence-corrected chi connectivity index (χ2v) is 6.13. The van der Waals surface area contributed by atoms with E-state index in [2.05, 4.69) is 10.6 Å². The van der Waals surface area contributed by atoms with Crippen LogP contribution in [-0.2, 0) is 11.2 Å². The Morgan fingerprint density at radius 1 is 1.22 bits per heavy atom. The van der Waals surface area contributed by atoms with Gasteiger partial charge in [0.05, 0.1) is 6.10 Å². The third kappa shape index (κ3) is 3.22. The Hall–Kier alpha value is -2.33. The summed E-state index contributed by atoms with van der Waals surface area (Å²) in [6.07, 6.45) is -0.00536. The number of nitrogens with one attached hydrogen (secondary N) is 2. The first-order valence-corrected chi connectivity index (χ1v) is 7.92. The van der Waals surface area contributed by atoms with Gasteiger partial charge < -0.3 is 15.7 Å². The van der Waals surface area contributed by atoms with Crippen molar-refractivity contribution in [1.29, 1.82) is 0 Å². The van der Waals surface area contributed by atoms with Crippen LogP contribution in [0, 0.1) is 13.8 Å². The molecule has 120 valence electrons. The molecule has 0 aliphatic carbocycles. The molecule has 4 nitrogen and oxygen atoms in total. The molecule has 2 aromatic carbocycles. The zero-order chi connectivity index (χ0) is 16.4. The molecular weight excluding hydrogens is 288 g/mol. The van der Waals surface area contributed by atoms with Gasteiger partial charge in [-0.3, -0.25) is 4.79 Å². The lowest BCUT2D eigenvalue weighted by Crippen LogP contribution is -2.40. The van der Waals surface area contributed by atoms with Crippen molar-refractivity contribution in [2.45, 2.75) is 32.4 Å². The van der Waals surface area contributed by atoms with Crippen LogP contribution in [0.4, 0.5) is 5.69 Å². The van der Waals surface area contributed by atoms with E-state index in [0.717, 1.165) is 22.4 Å². The summed E-state index contributed by atoms with van der Waals surface area (Å²) >= 11 is 0. The second kappa shape index (κ2) is 6.42. The molecule has 23 heavy (non-hydrogen) atoms. The van der Waals surface area contributed by atoms with E-state index in [9.17, 15) is 9.90 Å². The van der Waals surface area contributed by atoms with Crippen LogP contribution >= 0.6 is 0 Å². The maximum Gasteiger partial charge on any atom is 0.242 e. The summed E-state index contributed by atoms with van der Waals surface area (Å²) in [5, 5.41) is 16.4. The molecule has 2 aromatic rings. The van der Waals surface area contributed by atoms with Crippen LogP contribution in [0.2, 0.25) is 0 Å². The third-order valence-corrected chi connectivity index (χ3v) is 4.44. The number of benzene rings is 2. The van der Waals surface area contributed by atoms with Crippen molar-refractivity contribution in [2.24, 2.45) is 0 Å². The summed E-state index contributed by atoms with van der Waals surface area (Å²) < 4.78 is 0. The molecule has 0 saturated heterocycles. The Morgan fingerprint density at radius 2 is 1.96 bits per heavy atom. The van der Waals surface area contributed by atoms with Gasteiger partial charge in [0.2, 0.25) is 5.91 Å². The van der Waals surface area contributed by atoms with Gasteiger partial charge >= 0.3 is 0 Å². The number of aliphatic hydroxyl groups excluding tert-OH is 1. The fourth-order valence-electron chi connectivity index (χ4n) is 3.10. The first-order chi connectivity index (χ1) is 11.1. The van der Waals surface area contributed by atoms with Gasteiger partial charge in [0.1, 0.15) is 6.04 Å². The number of carbonyl (C=O) groups excluding carboxylic acids is 1. The van der Waals surface area contributed by atoms with Crippen LogP contribution in [0.5, 0.6) is 0 Å². The highest BCUT2D eigenvalue weighted by atomic mass is 16.3. The SMILES string of the molecule is Cc1ccccc1C(O)CNC(=O)C1Cc2cccc(C)c2N1. The average molecular weight is 310 g/mol. The summed E-state index contributed by atoms with van der Waals surface area (Å²) in [4.78, 5) is 12.4. The van der Waals surface area contributed by atoms with Gasteiger partial charge in [0.25, 0.3) is 0 Å². The normalized spacial score (nSPS) is 17.3. The molecule has 4 heteroatoms. The monoisotopic (exact) mass is 310 g/mol. The van der Waals surface area contributed by atoms with E-state index in [1.54, 1.807) is 0 Å². The lowest BCUT2D eigenvalue weighted by molar-refractivity contribution is -0.122. The minimum atomic E-state index is -0.689. The lowest BCUT2D eigenvalue weighted by Gasteiger charge is -2.17. The second-order valence-electron chi connectivity index (χ2n) is 6.13. The topological polar surface area (TPSA) is 61.4 Å². The predicted molar refractivity (Wildman–Crippen MR) is 91.4 cm³/mol. The number of carbonyl (C=O) groups is 1. The summed E-state index contributed by atoms with van der Waals surface area (Å²) in [5.74, 6) is -0.0757. The Balaban J connectivity index is 1.59. The van der Waals surface area contributed by atoms with E-state index in [0.29, 0.717) is 6.42 Å². The molecule has 2 atom stereocenters. The molecule has 0 aromatic heterocycles. The van der Waals surface area contributed by atoms with Gasteiger partial charge in [-0.25, -0.2) is 0 Å². The highest BCUT2D eigenvalue weighted by Gasteiger charge is 2.27. The molecule has 3 rings (SSSR count). The standard InChI is InChI=1S/C19H22N2O2/c1-12-6-3-4-9-15(12)17(22)11-20-19(23)16-10-14-8-5-7-13(2)18(14)21-16/h3-9,16-17,21-22H,10-11H2,1-2H3,(H,20,23). The van der Waals surface area contributed by atoms with Gasteiger partial charge in [0.15, 0.2) is 0 Å². The predicted octanol–water partition coefficient (Wildman–Crippen LogP) is 2.49. The largest absolute Gasteiger partial charge is 0.387 e. The van der Waals surface area contributed by atoms with Gasteiger partial charge in [-0.05, 0) is 36.1 Å². The van der Waals surface area contributed by atoms with E-state index >= 15 is 0 Å². The Morgan fingerprint density at radius 3 is 2.70 bits per heavy atom. The van der Waals surface area contributed by atoms with Crippen molar-refractivity contribution in [2.75, 3.05) is 11.9 Å². The highest BCUT2D eigenvalue weighted by Crippen LogP contribution is 2.29. The Bertz CT molecular complexity index is 727. The molecule has 2 unspecified atom stereocenters. The van der Waals surface area contributed by atoms with Crippen molar-refractivity contribution in [3.8, 4) is 0 Å². The fourth-order valence-corrected chi connectivity index (χ4v) is 3.10. The number of rotatable bonds is 4. The number of hydrogen-bond donors (Lipinski definition) is 3. The Labute approximate surface area is 136 Å². The van der Waals surface area contributed by atoms with Crippen molar-refractivity contribution in [1.82, 2.24) is 5.32 Å². The number of amides is 1. The van der Waals surface area contributed by atoms with E-state index in [1.165, 1.54) is 5.56 Å². The number of aliphatic hydroxyl groups is 1. The van der Waals surface area contributed by atoms with Crippen LogP contribution < -0.4 is 10.6 Å². The van der Waals surface area contributed by atoms with E-state index in [4.69, 9.17) is 0 Å². The Kier molecular flexibility index (Phi) is 4.35. The van der Waals surface area contributed by atoms with E-state index in [1.807, 2.05) is 56.3 Å². The summed E-state index contributed by atoms with van der Waals surface area (Å²) in [6.45, 7) is 4.21. The van der Waals surface area contributed by atoms with Gasteiger partial charge in [-0.15, -0.1) is 0 Å². The van der Waals surface area contributed by atoms with Crippen molar-refractivity contribution in [3.05, 3.63) is 64.7 Å². The summed E-state index contributed by atoms with van der Waals surface area (Å²) in [7, 11) is 0. The minimum Gasteiger partial charge on any atom is -0.387 e. The molecule has 0 radical (unpaired) electrons. The molecule has 0 bridgehead atoms. The van der Waals surface area contributed by atoms with Gasteiger partial charge in [-0.2, -0.15) is 0 Å². The number of fused-ring (bicyclic) bond motifs is 1. The molecule has 0 spiro atoms. The third-order valence-electron chi connectivity index (χ3n) is 4.44. The first-order valence-electron chi connectivity index (χ1n) is 7.92. The molecule has 3 N–H and O–H groups in total. The quantitative estimate of drug-likeness (QED) is 0.813. The van der Waals surface area contributed by atoms with Crippen LogP contribution in [0.3, 0.4) is 0 Å². The fraction of sp³-hybridized carbons (Fsp3) is 0.316. The van der Waals surface area contributed by atoms with Crippen molar-refractivity contribution < 1.29 is 9.90 Å². The summed E-state index contributed by atoms with van der Waals surface area (Å²) in [6, 6.07) is 13.5. The van der Waals surface area contributed by atoms with Crippen LogP contribution in [0.1, 0.15) is 28.4 Å².